The van der Waals surface area contributed by atoms with Crippen LogP contribution in [0.1, 0.15) is 24.8 Å². The Labute approximate surface area is 143 Å². The van der Waals surface area contributed by atoms with Gasteiger partial charge in [-0.25, -0.2) is 0 Å². The Hall–Kier alpha value is -1.82. The number of ether oxygens (including phenoxy) is 1. The van der Waals surface area contributed by atoms with E-state index in [0.29, 0.717) is 18.7 Å². The fraction of sp³-hybridized carbons (Fsp3) is 0.412. The minimum absolute atomic E-state index is 0.00981. The van der Waals surface area contributed by atoms with Crippen LogP contribution in [-0.2, 0) is 9.59 Å². The quantitative estimate of drug-likeness (QED) is 0.876. The van der Waals surface area contributed by atoms with Crippen LogP contribution >= 0.6 is 15.9 Å². The van der Waals surface area contributed by atoms with Crippen molar-refractivity contribution in [1.82, 2.24) is 4.90 Å². The molecule has 6 heteroatoms. The molecule has 0 radical (unpaired) electrons. The largest absolute Gasteiger partial charge is 0.488 e. The molecule has 122 valence electrons. The van der Waals surface area contributed by atoms with Crippen molar-refractivity contribution in [1.29, 1.82) is 0 Å². The number of amides is 1. The highest BCUT2D eigenvalue weighted by Gasteiger charge is 2.27. The molecule has 0 spiro atoms. The van der Waals surface area contributed by atoms with Gasteiger partial charge < -0.3 is 14.7 Å². The third-order valence-corrected chi connectivity index (χ3v) is 4.82. The SMILES string of the molecule is O=C(O)CC1CCN(C(=O)C2=Cc3cc(Br)ccc3OC2)CC1. The van der Waals surface area contributed by atoms with Crippen molar-refractivity contribution in [2.45, 2.75) is 19.3 Å². The summed E-state index contributed by atoms with van der Waals surface area (Å²) < 4.78 is 6.61. The molecule has 2 aliphatic rings. The van der Waals surface area contributed by atoms with E-state index in [1.54, 1.807) is 4.90 Å². The molecule has 0 unspecified atom stereocenters. The molecule has 1 fully saturated rings. The smallest absolute Gasteiger partial charge is 0.303 e. The van der Waals surface area contributed by atoms with Gasteiger partial charge in [-0.15, -0.1) is 0 Å². The van der Waals surface area contributed by atoms with Gasteiger partial charge in [0.15, 0.2) is 0 Å². The Morgan fingerprint density at radius 1 is 1.30 bits per heavy atom. The molecule has 3 rings (SSSR count). The van der Waals surface area contributed by atoms with Crippen molar-refractivity contribution in [3.63, 3.8) is 0 Å². The molecule has 0 atom stereocenters. The number of carboxylic acids is 1. The molecule has 0 bridgehead atoms. The molecule has 0 saturated carbocycles. The summed E-state index contributed by atoms with van der Waals surface area (Å²) in [7, 11) is 0. The molecule has 2 aliphatic heterocycles. The number of likely N-dealkylation sites (tertiary alicyclic amines) is 1. The third-order valence-electron chi connectivity index (χ3n) is 4.32. The standard InChI is InChI=1S/C17H18BrNO4/c18-14-1-2-15-12(9-14)8-13(10-23-15)17(22)19-5-3-11(4-6-19)7-16(20)21/h1-2,8-9,11H,3-7,10H2,(H,20,21). The lowest BCUT2D eigenvalue weighted by Crippen LogP contribution is -2.40. The fourth-order valence-electron chi connectivity index (χ4n) is 3.06. The summed E-state index contributed by atoms with van der Waals surface area (Å²) >= 11 is 3.42. The molecular formula is C17H18BrNO4. The highest BCUT2D eigenvalue weighted by atomic mass is 79.9. The van der Waals surface area contributed by atoms with Crippen LogP contribution in [0.4, 0.5) is 0 Å². The van der Waals surface area contributed by atoms with Crippen LogP contribution in [0.2, 0.25) is 0 Å². The number of carbonyl (C=O) groups is 2. The number of halogens is 1. The van der Waals surface area contributed by atoms with Crippen molar-refractivity contribution in [3.05, 3.63) is 33.8 Å². The van der Waals surface area contributed by atoms with E-state index in [1.165, 1.54) is 0 Å². The van der Waals surface area contributed by atoms with Gasteiger partial charge in [-0.2, -0.15) is 0 Å². The van der Waals surface area contributed by atoms with Gasteiger partial charge in [-0.05, 0) is 43.0 Å². The summed E-state index contributed by atoms with van der Waals surface area (Å²) in [6, 6.07) is 5.72. The average molecular weight is 380 g/mol. The average Bonchev–Trinajstić information content (AvgIpc) is 2.53. The number of hydrogen-bond donors (Lipinski definition) is 1. The molecule has 1 amide bonds. The van der Waals surface area contributed by atoms with Gasteiger partial charge in [0.05, 0.1) is 5.57 Å². The Balaban J connectivity index is 1.66. The Bertz CT molecular complexity index is 663. The first-order chi connectivity index (χ1) is 11.0. The molecule has 1 saturated heterocycles. The Morgan fingerprint density at radius 2 is 2.04 bits per heavy atom. The molecule has 23 heavy (non-hydrogen) atoms. The zero-order valence-corrected chi connectivity index (χ0v) is 14.2. The highest BCUT2D eigenvalue weighted by Crippen LogP contribution is 2.30. The number of benzene rings is 1. The van der Waals surface area contributed by atoms with E-state index < -0.39 is 5.97 Å². The molecular weight excluding hydrogens is 362 g/mol. The Morgan fingerprint density at radius 3 is 2.74 bits per heavy atom. The Kier molecular flexibility index (Phi) is 4.71. The van der Waals surface area contributed by atoms with Crippen molar-refractivity contribution < 1.29 is 19.4 Å². The minimum atomic E-state index is -0.764. The van der Waals surface area contributed by atoms with Gasteiger partial charge in [-0.1, -0.05) is 15.9 Å². The zero-order valence-electron chi connectivity index (χ0n) is 12.6. The van der Waals surface area contributed by atoms with E-state index >= 15 is 0 Å². The van der Waals surface area contributed by atoms with Crippen LogP contribution in [0.5, 0.6) is 5.75 Å². The summed E-state index contributed by atoms with van der Waals surface area (Å²) in [5.74, 6) is 0.180. The van der Waals surface area contributed by atoms with Crippen LogP contribution in [-0.4, -0.2) is 41.6 Å². The lowest BCUT2D eigenvalue weighted by Gasteiger charge is -2.32. The maximum absolute atomic E-state index is 12.6. The van der Waals surface area contributed by atoms with Gasteiger partial charge >= 0.3 is 5.97 Å². The van der Waals surface area contributed by atoms with Crippen molar-refractivity contribution >= 4 is 33.9 Å². The molecule has 5 nitrogen and oxygen atoms in total. The minimum Gasteiger partial charge on any atom is -0.488 e. The second kappa shape index (κ2) is 6.74. The van der Waals surface area contributed by atoms with Gasteiger partial charge in [-0.3, -0.25) is 9.59 Å². The zero-order chi connectivity index (χ0) is 16.4. The summed E-state index contributed by atoms with van der Waals surface area (Å²) in [6.45, 7) is 1.50. The molecule has 1 aromatic carbocycles. The summed E-state index contributed by atoms with van der Waals surface area (Å²) in [5, 5.41) is 8.85. The van der Waals surface area contributed by atoms with E-state index in [9.17, 15) is 9.59 Å². The number of piperidine rings is 1. The number of aliphatic carboxylic acids is 1. The van der Waals surface area contributed by atoms with Crippen LogP contribution in [0.3, 0.4) is 0 Å². The van der Waals surface area contributed by atoms with Gasteiger partial charge in [0.2, 0.25) is 0 Å². The third kappa shape index (κ3) is 3.75. The van der Waals surface area contributed by atoms with Crippen LogP contribution in [0, 0.1) is 5.92 Å². The summed E-state index contributed by atoms with van der Waals surface area (Å²) in [5.41, 5.74) is 1.54. The van der Waals surface area contributed by atoms with Crippen molar-refractivity contribution in [2.75, 3.05) is 19.7 Å². The van der Waals surface area contributed by atoms with E-state index in [4.69, 9.17) is 9.84 Å². The van der Waals surface area contributed by atoms with Crippen molar-refractivity contribution in [2.24, 2.45) is 5.92 Å². The van der Waals surface area contributed by atoms with Gasteiger partial charge in [0, 0.05) is 29.5 Å². The number of rotatable bonds is 3. The van der Waals surface area contributed by atoms with Crippen LogP contribution < -0.4 is 4.74 Å². The first kappa shape index (κ1) is 16.1. The number of carboxylic acid groups (broad SMARTS) is 1. The maximum atomic E-state index is 12.6. The van der Waals surface area contributed by atoms with E-state index in [1.807, 2.05) is 24.3 Å². The molecule has 0 aromatic heterocycles. The number of fused-ring (bicyclic) bond motifs is 1. The molecule has 1 N–H and O–H groups in total. The number of carbonyl (C=O) groups excluding carboxylic acids is 1. The maximum Gasteiger partial charge on any atom is 0.303 e. The highest BCUT2D eigenvalue weighted by molar-refractivity contribution is 9.10. The van der Waals surface area contributed by atoms with Crippen LogP contribution in [0.15, 0.2) is 28.2 Å². The summed E-state index contributed by atoms with van der Waals surface area (Å²) in [4.78, 5) is 25.2. The van der Waals surface area contributed by atoms with Crippen LogP contribution in [0.25, 0.3) is 6.08 Å². The lowest BCUT2D eigenvalue weighted by atomic mass is 9.93. The lowest BCUT2D eigenvalue weighted by molar-refractivity contribution is -0.138. The summed E-state index contributed by atoms with van der Waals surface area (Å²) in [6.07, 6.45) is 3.56. The second-order valence-electron chi connectivity index (χ2n) is 5.97. The number of nitrogens with zero attached hydrogens (tertiary/aromatic N) is 1. The van der Waals surface area contributed by atoms with E-state index in [2.05, 4.69) is 15.9 Å². The molecule has 1 aromatic rings. The first-order valence-electron chi connectivity index (χ1n) is 7.67. The molecule has 0 aliphatic carbocycles. The number of hydrogen-bond acceptors (Lipinski definition) is 3. The van der Waals surface area contributed by atoms with Gasteiger partial charge in [0.1, 0.15) is 12.4 Å². The second-order valence-corrected chi connectivity index (χ2v) is 6.89. The fourth-order valence-corrected chi connectivity index (χ4v) is 3.44. The normalized spacial score (nSPS) is 18.0. The van der Waals surface area contributed by atoms with Crippen molar-refractivity contribution in [3.8, 4) is 5.75 Å². The van der Waals surface area contributed by atoms with E-state index in [0.717, 1.165) is 28.6 Å². The predicted molar refractivity (Wildman–Crippen MR) is 89.2 cm³/mol. The molecule has 2 heterocycles. The predicted octanol–water partition coefficient (Wildman–Crippen LogP) is 2.94. The monoisotopic (exact) mass is 379 g/mol. The topological polar surface area (TPSA) is 66.8 Å². The first-order valence-corrected chi connectivity index (χ1v) is 8.46. The van der Waals surface area contributed by atoms with E-state index in [-0.39, 0.29) is 24.9 Å². The van der Waals surface area contributed by atoms with Gasteiger partial charge in [0.25, 0.3) is 5.91 Å².